The van der Waals surface area contributed by atoms with Crippen LogP contribution in [0.5, 0.6) is 0 Å². The van der Waals surface area contributed by atoms with E-state index >= 15 is 0 Å². The van der Waals surface area contributed by atoms with E-state index in [-0.39, 0.29) is 11.8 Å². The van der Waals surface area contributed by atoms with Gasteiger partial charge in [0, 0.05) is 29.9 Å². The van der Waals surface area contributed by atoms with Gasteiger partial charge in [0.2, 0.25) is 0 Å². The number of aliphatic hydroxyl groups is 2. The van der Waals surface area contributed by atoms with Crippen molar-refractivity contribution in [2.75, 3.05) is 36.5 Å². The number of carbonyl (C=O) groups excluding carboxylic acids is 1. The van der Waals surface area contributed by atoms with Crippen LogP contribution >= 0.6 is 22.9 Å². The molecule has 2 aliphatic rings. The van der Waals surface area contributed by atoms with Crippen molar-refractivity contribution in [3.05, 3.63) is 45.3 Å². The highest BCUT2D eigenvalue weighted by molar-refractivity contribution is 7.20. The molecule has 6 nitrogen and oxygen atoms in total. The van der Waals surface area contributed by atoms with Gasteiger partial charge in [-0.1, -0.05) is 30.9 Å². The molecule has 0 atom stereocenters. The number of nitrogens with one attached hydrogen (secondary N) is 1. The Balaban J connectivity index is 1.52. The Labute approximate surface area is 185 Å². The highest BCUT2D eigenvalue weighted by Gasteiger charge is 2.29. The molecule has 0 bridgehead atoms. The lowest BCUT2D eigenvalue weighted by Crippen LogP contribution is -2.36. The molecule has 2 aromatic rings. The monoisotopic (exact) mass is 450 g/mol. The molecule has 1 amide bonds. The second kappa shape index (κ2) is 9.66. The summed E-state index contributed by atoms with van der Waals surface area (Å²) in [5, 5.41) is 23.3. The first-order chi connectivity index (χ1) is 14.5. The minimum Gasteiger partial charge on any atom is -0.378 e. The lowest BCUT2D eigenvalue weighted by Gasteiger charge is -2.28. The number of anilines is 2. The summed E-state index contributed by atoms with van der Waals surface area (Å²) in [6.07, 6.45) is 3.69. The third-order valence-electron chi connectivity index (χ3n) is 5.94. The van der Waals surface area contributed by atoms with Crippen molar-refractivity contribution in [3.63, 3.8) is 0 Å². The number of amides is 1. The molecule has 1 aliphatic carbocycles. The van der Waals surface area contributed by atoms with E-state index in [1.54, 1.807) is 12.1 Å². The maximum atomic E-state index is 12.8. The van der Waals surface area contributed by atoms with E-state index in [1.807, 2.05) is 12.1 Å². The topological polar surface area (TPSA) is 82.0 Å². The summed E-state index contributed by atoms with van der Waals surface area (Å²) in [5.74, 6) is -0.0868. The Kier molecular flexibility index (Phi) is 6.95. The van der Waals surface area contributed by atoms with Crippen LogP contribution in [-0.4, -0.2) is 42.4 Å². The van der Waals surface area contributed by atoms with Crippen LogP contribution in [0.15, 0.2) is 24.3 Å². The first-order valence-electron chi connectivity index (χ1n) is 10.5. The number of ether oxygens (including phenoxy) is 1. The van der Waals surface area contributed by atoms with Crippen molar-refractivity contribution in [3.8, 4) is 0 Å². The second-order valence-electron chi connectivity index (χ2n) is 7.84. The van der Waals surface area contributed by atoms with Crippen LogP contribution in [-0.2, 0) is 4.74 Å². The fraction of sp³-hybridized carbons (Fsp3) is 0.500. The van der Waals surface area contributed by atoms with Crippen LogP contribution in [0.3, 0.4) is 0 Å². The third kappa shape index (κ3) is 4.65. The Morgan fingerprint density at radius 2 is 1.80 bits per heavy atom. The fourth-order valence-electron chi connectivity index (χ4n) is 4.37. The molecule has 1 saturated heterocycles. The quantitative estimate of drug-likeness (QED) is 0.583. The Morgan fingerprint density at radius 1 is 1.13 bits per heavy atom. The maximum Gasteiger partial charge on any atom is 0.256 e. The van der Waals surface area contributed by atoms with Gasteiger partial charge in [0.1, 0.15) is 5.00 Å². The molecular weight excluding hydrogens is 424 g/mol. The number of rotatable bonds is 5. The van der Waals surface area contributed by atoms with Gasteiger partial charge in [-0.15, -0.1) is 11.3 Å². The lowest BCUT2D eigenvalue weighted by molar-refractivity contribution is -0.0425. The lowest BCUT2D eigenvalue weighted by atomic mass is 9.83. The van der Waals surface area contributed by atoms with Gasteiger partial charge in [0.15, 0.2) is 6.29 Å². The van der Waals surface area contributed by atoms with Gasteiger partial charge in [0.05, 0.1) is 17.6 Å². The number of thiophene rings is 1. The molecule has 4 rings (SSSR count). The number of hydrogen-bond donors (Lipinski definition) is 3. The smallest absolute Gasteiger partial charge is 0.256 e. The van der Waals surface area contributed by atoms with Crippen molar-refractivity contribution in [1.29, 1.82) is 0 Å². The largest absolute Gasteiger partial charge is 0.378 e. The zero-order chi connectivity index (χ0) is 21.1. The number of hydrogen-bond acceptors (Lipinski definition) is 6. The maximum absolute atomic E-state index is 12.8. The van der Waals surface area contributed by atoms with E-state index in [1.165, 1.54) is 17.8 Å². The molecule has 0 spiro atoms. The average Bonchev–Trinajstić information content (AvgIpc) is 3.11. The number of benzene rings is 1. The van der Waals surface area contributed by atoms with Crippen LogP contribution in [0, 0.1) is 0 Å². The number of nitrogens with zero attached hydrogens (tertiary/aromatic N) is 1. The van der Waals surface area contributed by atoms with Crippen LogP contribution in [0.4, 0.5) is 10.7 Å². The van der Waals surface area contributed by atoms with Crippen molar-refractivity contribution >= 4 is 39.5 Å². The molecule has 1 aliphatic heterocycles. The summed E-state index contributed by atoms with van der Waals surface area (Å²) >= 11 is 7.70. The molecule has 3 N–H and O–H groups in total. The molecule has 162 valence electrons. The van der Waals surface area contributed by atoms with E-state index in [0.717, 1.165) is 50.0 Å². The normalized spacial score (nSPS) is 18.1. The van der Waals surface area contributed by atoms with Gasteiger partial charge < -0.3 is 25.2 Å². The molecule has 1 aromatic heterocycles. The van der Waals surface area contributed by atoms with Crippen LogP contribution < -0.4 is 10.2 Å². The summed E-state index contributed by atoms with van der Waals surface area (Å²) < 4.78 is 5.91. The first-order valence-corrected chi connectivity index (χ1v) is 11.7. The van der Waals surface area contributed by atoms with Crippen LogP contribution in [0.25, 0.3) is 0 Å². The number of morpholine rings is 1. The van der Waals surface area contributed by atoms with Crippen molar-refractivity contribution in [1.82, 2.24) is 0 Å². The molecule has 0 radical (unpaired) electrons. The Morgan fingerprint density at radius 3 is 2.43 bits per heavy atom. The number of aliphatic hydroxyl groups excluding tert-OH is 1. The summed E-state index contributed by atoms with van der Waals surface area (Å²) in [6, 6.07) is 7.42. The van der Waals surface area contributed by atoms with Crippen molar-refractivity contribution in [2.24, 2.45) is 0 Å². The highest BCUT2D eigenvalue weighted by atomic mass is 35.5. The minimum atomic E-state index is -1.68. The van der Waals surface area contributed by atoms with E-state index in [4.69, 9.17) is 16.3 Å². The number of carbonyl (C=O) groups is 1. The van der Waals surface area contributed by atoms with Gasteiger partial charge in [-0.3, -0.25) is 4.79 Å². The zero-order valence-electron chi connectivity index (χ0n) is 16.8. The molecule has 2 fully saturated rings. The first kappa shape index (κ1) is 21.6. The number of halogens is 1. The van der Waals surface area contributed by atoms with Crippen LogP contribution in [0.1, 0.15) is 65.8 Å². The summed E-state index contributed by atoms with van der Waals surface area (Å²) in [6.45, 7) is 3.08. The second-order valence-corrected chi connectivity index (χ2v) is 9.46. The Bertz CT molecular complexity index is 872. The van der Waals surface area contributed by atoms with Gasteiger partial charge >= 0.3 is 0 Å². The van der Waals surface area contributed by atoms with Gasteiger partial charge in [0.25, 0.3) is 5.91 Å². The van der Waals surface area contributed by atoms with E-state index in [0.29, 0.717) is 33.7 Å². The summed E-state index contributed by atoms with van der Waals surface area (Å²) in [7, 11) is 0. The highest BCUT2D eigenvalue weighted by Crippen LogP contribution is 2.47. The van der Waals surface area contributed by atoms with Crippen molar-refractivity contribution < 1.29 is 19.7 Å². The predicted molar refractivity (Wildman–Crippen MR) is 120 cm³/mol. The summed E-state index contributed by atoms with van der Waals surface area (Å²) in [5.41, 5.74) is 2.69. The molecule has 30 heavy (non-hydrogen) atoms. The zero-order valence-corrected chi connectivity index (χ0v) is 18.3. The van der Waals surface area contributed by atoms with E-state index in [9.17, 15) is 15.0 Å². The van der Waals surface area contributed by atoms with E-state index < -0.39 is 6.29 Å². The fourth-order valence-corrected chi connectivity index (χ4v) is 5.89. The summed E-state index contributed by atoms with van der Waals surface area (Å²) in [4.78, 5) is 15.1. The SMILES string of the molecule is O=C(Nc1sc(Cl)c(C2CCCCC2)c1C(O)O)c1ccc(N2CCOCC2)cc1. The van der Waals surface area contributed by atoms with Gasteiger partial charge in [-0.2, -0.15) is 0 Å². The predicted octanol–water partition coefficient (Wildman–Crippen LogP) is 4.52. The molecule has 0 unspecified atom stereocenters. The minimum absolute atomic E-state index is 0.206. The third-order valence-corrected chi connectivity index (χ3v) is 7.30. The van der Waals surface area contributed by atoms with Crippen molar-refractivity contribution in [2.45, 2.75) is 44.3 Å². The molecular formula is C22H27ClN2O4S. The van der Waals surface area contributed by atoms with Gasteiger partial charge in [-0.05, 0) is 48.6 Å². The van der Waals surface area contributed by atoms with Gasteiger partial charge in [-0.25, -0.2) is 0 Å². The average molecular weight is 451 g/mol. The standard InChI is InChI=1S/C22H27ClN2O4S/c23-19-17(14-4-2-1-3-5-14)18(22(27)28)21(30-19)24-20(26)15-6-8-16(9-7-15)25-10-12-29-13-11-25/h6-9,14,22,27-28H,1-5,10-13H2,(H,24,26). The molecule has 8 heteroatoms. The Hall–Kier alpha value is -1.64. The molecule has 2 heterocycles. The van der Waals surface area contributed by atoms with E-state index in [2.05, 4.69) is 10.2 Å². The molecule has 1 aromatic carbocycles. The molecule has 1 saturated carbocycles. The van der Waals surface area contributed by atoms with Crippen LogP contribution in [0.2, 0.25) is 4.34 Å².